The molecular weight excluding hydrogens is 310 g/mol. The Kier molecular flexibility index (Phi) is 4.26. The molecule has 0 aliphatic carbocycles. The van der Waals surface area contributed by atoms with Gasteiger partial charge >= 0.3 is 0 Å². The number of para-hydroxylation sites is 2. The third-order valence-corrected chi connectivity index (χ3v) is 5.12. The molecule has 1 saturated heterocycles. The zero-order valence-corrected chi connectivity index (χ0v) is 14.6. The Hall–Kier alpha value is -2.62. The first-order valence-electron chi connectivity index (χ1n) is 9.01. The molecule has 0 unspecified atom stereocenters. The van der Waals surface area contributed by atoms with Crippen LogP contribution in [0.5, 0.6) is 0 Å². The Balaban J connectivity index is 1.69. The molecule has 4 nitrogen and oxygen atoms in total. The van der Waals surface area contributed by atoms with E-state index in [1.165, 1.54) is 0 Å². The van der Waals surface area contributed by atoms with Gasteiger partial charge in [-0.15, -0.1) is 0 Å². The molecular formula is C21H23N3O. The van der Waals surface area contributed by atoms with Gasteiger partial charge in [-0.2, -0.15) is 0 Å². The van der Waals surface area contributed by atoms with E-state index in [9.17, 15) is 4.79 Å². The molecule has 1 aliphatic rings. The first-order valence-corrected chi connectivity index (χ1v) is 9.01. The van der Waals surface area contributed by atoms with Crippen molar-refractivity contribution in [1.82, 2.24) is 14.5 Å². The summed E-state index contributed by atoms with van der Waals surface area (Å²) in [4.78, 5) is 19.7. The molecule has 128 valence electrons. The number of benzene rings is 2. The highest BCUT2D eigenvalue weighted by Gasteiger charge is 2.22. The van der Waals surface area contributed by atoms with Crippen LogP contribution in [0.15, 0.2) is 54.6 Å². The number of fused-ring (bicyclic) bond motifs is 1. The number of piperidine rings is 1. The topological polar surface area (TPSA) is 38.1 Å². The molecule has 1 aromatic heterocycles. The van der Waals surface area contributed by atoms with Crippen LogP contribution in [-0.4, -0.2) is 33.4 Å². The fourth-order valence-corrected chi connectivity index (χ4v) is 3.54. The van der Waals surface area contributed by atoms with Gasteiger partial charge in [0.25, 0.3) is 0 Å². The van der Waals surface area contributed by atoms with Crippen LogP contribution in [0.1, 0.15) is 19.8 Å². The highest BCUT2D eigenvalue weighted by molar-refractivity contribution is 5.84. The largest absolute Gasteiger partial charge is 0.341 e. The molecule has 0 bridgehead atoms. The Morgan fingerprint density at radius 3 is 2.48 bits per heavy atom. The number of hydrogen-bond acceptors (Lipinski definition) is 2. The zero-order valence-electron chi connectivity index (χ0n) is 14.6. The van der Waals surface area contributed by atoms with Gasteiger partial charge in [-0.3, -0.25) is 4.79 Å². The Bertz CT molecular complexity index is 877. The van der Waals surface area contributed by atoms with Crippen LogP contribution in [0.25, 0.3) is 22.4 Å². The number of nitrogens with zero attached hydrogens (tertiary/aromatic N) is 3. The van der Waals surface area contributed by atoms with Crippen molar-refractivity contribution in [3.63, 3.8) is 0 Å². The number of imidazole rings is 1. The van der Waals surface area contributed by atoms with Crippen LogP contribution in [0.3, 0.4) is 0 Å². The van der Waals surface area contributed by atoms with Gasteiger partial charge in [0.15, 0.2) is 0 Å². The maximum absolute atomic E-state index is 12.9. The van der Waals surface area contributed by atoms with Crippen molar-refractivity contribution in [1.29, 1.82) is 0 Å². The van der Waals surface area contributed by atoms with Crippen molar-refractivity contribution in [3.8, 4) is 11.4 Å². The van der Waals surface area contributed by atoms with Crippen molar-refractivity contribution in [2.45, 2.75) is 26.3 Å². The van der Waals surface area contributed by atoms with Crippen molar-refractivity contribution < 1.29 is 4.79 Å². The minimum atomic E-state index is 0.187. The first kappa shape index (κ1) is 15.9. The first-order chi connectivity index (χ1) is 12.2. The van der Waals surface area contributed by atoms with E-state index in [1.54, 1.807) is 0 Å². The summed E-state index contributed by atoms with van der Waals surface area (Å²) in [6.07, 6.45) is 2.20. The number of aromatic nitrogens is 2. The van der Waals surface area contributed by atoms with Crippen molar-refractivity contribution in [3.05, 3.63) is 54.6 Å². The highest BCUT2D eigenvalue weighted by atomic mass is 16.2. The summed E-state index contributed by atoms with van der Waals surface area (Å²) in [6.45, 7) is 4.35. The maximum Gasteiger partial charge on any atom is 0.242 e. The van der Waals surface area contributed by atoms with Crippen molar-refractivity contribution in [2.24, 2.45) is 5.92 Å². The van der Waals surface area contributed by atoms with Gasteiger partial charge in [0.2, 0.25) is 5.91 Å². The lowest BCUT2D eigenvalue weighted by Gasteiger charge is -2.30. The molecule has 1 amide bonds. The Morgan fingerprint density at radius 1 is 1.04 bits per heavy atom. The van der Waals surface area contributed by atoms with E-state index in [0.29, 0.717) is 6.54 Å². The van der Waals surface area contributed by atoms with E-state index >= 15 is 0 Å². The van der Waals surface area contributed by atoms with Gasteiger partial charge in [-0.25, -0.2) is 4.98 Å². The molecule has 0 atom stereocenters. The Morgan fingerprint density at radius 2 is 1.72 bits per heavy atom. The second-order valence-electron chi connectivity index (χ2n) is 6.94. The summed E-state index contributed by atoms with van der Waals surface area (Å²) < 4.78 is 2.06. The summed E-state index contributed by atoms with van der Waals surface area (Å²) in [5.41, 5.74) is 2.99. The summed E-state index contributed by atoms with van der Waals surface area (Å²) in [6, 6.07) is 18.1. The molecule has 4 heteroatoms. The summed E-state index contributed by atoms with van der Waals surface area (Å²) >= 11 is 0. The molecule has 1 aliphatic heterocycles. The van der Waals surface area contributed by atoms with Crippen LogP contribution in [-0.2, 0) is 11.3 Å². The lowest BCUT2D eigenvalue weighted by molar-refractivity contribution is -0.133. The maximum atomic E-state index is 12.9. The third-order valence-electron chi connectivity index (χ3n) is 5.12. The highest BCUT2D eigenvalue weighted by Crippen LogP contribution is 2.25. The molecule has 2 heterocycles. The molecule has 25 heavy (non-hydrogen) atoms. The van der Waals surface area contributed by atoms with Gasteiger partial charge in [0.05, 0.1) is 11.0 Å². The number of carbonyl (C=O) groups is 1. The van der Waals surface area contributed by atoms with E-state index in [2.05, 4.69) is 11.5 Å². The van der Waals surface area contributed by atoms with Crippen LogP contribution >= 0.6 is 0 Å². The quantitative estimate of drug-likeness (QED) is 0.727. The minimum Gasteiger partial charge on any atom is -0.341 e. The van der Waals surface area contributed by atoms with E-state index in [-0.39, 0.29) is 5.91 Å². The summed E-state index contributed by atoms with van der Waals surface area (Å²) in [7, 11) is 0. The third kappa shape index (κ3) is 3.16. The predicted molar refractivity (Wildman–Crippen MR) is 100 cm³/mol. The molecule has 1 fully saturated rings. The fraction of sp³-hybridized carbons (Fsp3) is 0.333. The summed E-state index contributed by atoms with van der Waals surface area (Å²) in [5.74, 6) is 1.77. The zero-order chi connectivity index (χ0) is 17.2. The van der Waals surface area contributed by atoms with Crippen molar-refractivity contribution >= 4 is 16.9 Å². The van der Waals surface area contributed by atoms with E-state index in [0.717, 1.165) is 54.3 Å². The average molecular weight is 333 g/mol. The Labute approximate surface area is 148 Å². The number of rotatable bonds is 3. The van der Waals surface area contributed by atoms with E-state index in [4.69, 9.17) is 4.98 Å². The van der Waals surface area contributed by atoms with E-state index in [1.807, 2.05) is 59.5 Å². The molecule has 0 saturated carbocycles. The predicted octanol–water partition coefficient (Wildman–Crippen LogP) is 3.96. The van der Waals surface area contributed by atoms with Crippen molar-refractivity contribution in [2.75, 3.05) is 13.1 Å². The second-order valence-corrected chi connectivity index (χ2v) is 6.94. The molecule has 3 aromatic rings. The number of amides is 1. The number of carbonyl (C=O) groups excluding carboxylic acids is 1. The van der Waals surface area contributed by atoms with Crippen LogP contribution in [0, 0.1) is 5.92 Å². The number of likely N-dealkylation sites (tertiary alicyclic amines) is 1. The van der Waals surface area contributed by atoms with Crippen LogP contribution in [0.4, 0.5) is 0 Å². The second kappa shape index (κ2) is 6.71. The van der Waals surface area contributed by atoms with Crippen LogP contribution < -0.4 is 0 Å². The SMILES string of the molecule is CC1CCN(C(=O)Cn2c(-c3ccccc3)nc3ccccc32)CC1. The minimum absolute atomic E-state index is 0.187. The van der Waals surface area contributed by atoms with Gasteiger partial charge in [-0.1, -0.05) is 49.4 Å². The molecule has 2 aromatic carbocycles. The van der Waals surface area contributed by atoms with Crippen LogP contribution in [0.2, 0.25) is 0 Å². The van der Waals surface area contributed by atoms with Gasteiger partial charge in [-0.05, 0) is 30.9 Å². The average Bonchev–Trinajstić information content (AvgIpc) is 3.02. The molecule has 0 spiro atoms. The monoisotopic (exact) mass is 333 g/mol. The molecule has 0 N–H and O–H groups in total. The van der Waals surface area contributed by atoms with Gasteiger partial charge in [0.1, 0.15) is 12.4 Å². The smallest absolute Gasteiger partial charge is 0.242 e. The van der Waals surface area contributed by atoms with E-state index < -0.39 is 0 Å². The molecule has 0 radical (unpaired) electrons. The number of hydrogen-bond donors (Lipinski definition) is 0. The lowest BCUT2D eigenvalue weighted by Crippen LogP contribution is -2.39. The normalized spacial score (nSPS) is 15.6. The fourth-order valence-electron chi connectivity index (χ4n) is 3.54. The lowest BCUT2D eigenvalue weighted by atomic mass is 9.99. The summed E-state index contributed by atoms with van der Waals surface area (Å²) in [5, 5.41) is 0. The standard InChI is InChI=1S/C21H23N3O/c1-16-11-13-23(14-12-16)20(25)15-24-19-10-6-5-9-18(19)22-21(24)17-7-3-2-4-8-17/h2-10,16H,11-15H2,1H3. The van der Waals surface area contributed by atoms with Gasteiger partial charge in [0, 0.05) is 18.7 Å². The molecule has 4 rings (SSSR count). The van der Waals surface area contributed by atoms with Gasteiger partial charge < -0.3 is 9.47 Å².